The van der Waals surface area contributed by atoms with Crippen LogP contribution in [0.3, 0.4) is 0 Å². The topological polar surface area (TPSA) is 60.6 Å². The van der Waals surface area contributed by atoms with E-state index >= 15 is 0 Å². The Balaban J connectivity index is 2.78. The van der Waals surface area contributed by atoms with Gasteiger partial charge in [-0.2, -0.15) is 4.98 Å². The van der Waals surface area contributed by atoms with Gasteiger partial charge in [-0.3, -0.25) is 4.57 Å². The van der Waals surface area contributed by atoms with Crippen LogP contribution in [0.4, 0.5) is 5.82 Å². The molecule has 2 heterocycles. The van der Waals surface area contributed by atoms with Gasteiger partial charge in [-0.05, 0) is 0 Å². The van der Waals surface area contributed by atoms with Crippen molar-refractivity contribution in [2.24, 2.45) is 7.05 Å². The molecule has 0 atom stereocenters. The van der Waals surface area contributed by atoms with Crippen LogP contribution in [-0.4, -0.2) is 14.5 Å². The van der Waals surface area contributed by atoms with Gasteiger partial charge < -0.3 is 5.73 Å². The monoisotopic (exact) mass is 190 g/mol. The Morgan fingerprint density at radius 1 is 1.64 bits per heavy atom. The quantitative estimate of drug-likeness (QED) is 0.536. The molecule has 0 fully saturated rings. The van der Waals surface area contributed by atoms with Crippen LogP contribution in [0.15, 0.2) is 25.3 Å². The number of nitrogens with zero attached hydrogens (tertiary/aromatic N) is 4. The molecule has 5 heteroatoms. The van der Waals surface area contributed by atoms with Gasteiger partial charge in [0.2, 0.25) is 5.52 Å². The van der Waals surface area contributed by atoms with Crippen molar-refractivity contribution in [3.05, 3.63) is 25.3 Å². The third-order valence-electron chi connectivity index (χ3n) is 2.09. The van der Waals surface area contributed by atoms with E-state index in [9.17, 15) is 0 Å². The van der Waals surface area contributed by atoms with Crippen molar-refractivity contribution in [3.8, 4) is 0 Å². The lowest BCUT2D eigenvalue weighted by atomic mass is 10.4. The molecule has 0 spiro atoms. The summed E-state index contributed by atoms with van der Waals surface area (Å²) in [7, 11) is 1.92. The van der Waals surface area contributed by atoms with E-state index in [-0.39, 0.29) is 0 Å². The van der Waals surface area contributed by atoms with Gasteiger partial charge in [-0.25, -0.2) is 4.57 Å². The lowest BCUT2D eigenvalue weighted by Crippen LogP contribution is -2.26. The highest BCUT2D eigenvalue weighted by Crippen LogP contribution is 2.13. The maximum atomic E-state index is 5.78. The van der Waals surface area contributed by atoms with E-state index in [1.54, 1.807) is 0 Å². The molecule has 0 aliphatic rings. The number of allylic oxidation sites excluding steroid dienone is 1. The first-order valence-corrected chi connectivity index (χ1v) is 4.30. The van der Waals surface area contributed by atoms with Crippen LogP contribution in [0, 0.1) is 0 Å². The average molecular weight is 190 g/mol. The number of nitrogens with two attached hydrogens (primary N) is 1. The molecule has 2 N–H and O–H groups in total. The van der Waals surface area contributed by atoms with E-state index < -0.39 is 0 Å². The maximum absolute atomic E-state index is 5.78. The van der Waals surface area contributed by atoms with Crippen LogP contribution in [0.25, 0.3) is 11.2 Å². The number of aromatic nitrogens is 4. The van der Waals surface area contributed by atoms with Gasteiger partial charge in [-0.15, -0.1) is 0 Å². The molecule has 0 aromatic carbocycles. The molecule has 0 radical (unpaired) electrons. The predicted molar refractivity (Wildman–Crippen MR) is 53.3 cm³/mol. The Hall–Kier alpha value is -1.91. The summed E-state index contributed by atoms with van der Waals surface area (Å²) in [6.45, 7) is 4.39. The lowest BCUT2D eigenvalue weighted by Gasteiger charge is -1.94. The second kappa shape index (κ2) is 3.10. The van der Waals surface area contributed by atoms with E-state index in [0.29, 0.717) is 12.4 Å². The number of rotatable bonds is 2. The number of hydrogen-bond acceptors (Lipinski definition) is 3. The van der Waals surface area contributed by atoms with Crippen LogP contribution in [0.1, 0.15) is 0 Å². The fraction of sp³-hybridized carbons (Fsp3) is 0.222. The minimum absolute atomic E-state index is 0.498. The molecule has 0 unspecified atom stereocenters. The highest BCUT2D eigenvalue weighted by molar-refractivity contribution is 5.79. The Kier molecular flexibility index (Phi) is 1.92. The summed E-state index contributed by atoms with van der Waals surface area (Å²) in [5, 5.41) is 0. The third-order valence-corrected chi connectivity index (χ3v) is 2.09. The van der Waals surface area contributed by atoms with Gasteiger partial charge in [0.1, 0.15) is 0 Å². The molecule has 2 aromatic heterocycles. The standard InChI is InChI=1S/C9H12N5/c1-3-4-14-6-13(2)9-7(14)8(10)11-5-12-9/h3,5-6H,1,4H2,2H3,(H2,10,11,12)/q+1. The summed E-state index contributed by atoms with van der Waals surface area (Å²) < 4.78 is 3.88. The van der Waals surface area contributed by atoms with E-state index in [0.717, 1.165) is 11.2 Å². The van der Waals surface area contributed by atoms with Crippen molar-refractivity contribution in [3.63, 3.8) is 0 Å². The minimum Gasteiger partial charge on any atom is -0.380 e. The Morgan fingerprint density at radius 3 is 3.14 bits per heavy atom. The molecular weight excluding hydrogens is 178 g/mol. The van der Waals surface area contributed by atoms with Crippen molar-refractivity contribution in [1.82, 2.24) is 14.5 Å². The first-order valence-electron chi connectivity index (χ1n) is 4.30. The summed E-state index contributed by atoms with van der Waals surface area (Å²) in [4.78, 5) is 8.12. The zero-order valence-electron chi connectivity index (χ0n) is 8.01. The molecule has 14 heavy (non-hydrogen) atoms. The van der Waals surface area contributed by atoms with Crippen LogP contribution in [0.5, 0.6) is 0 Å². The summed E-state index contributed by atoms with van der Waals surface area (Å²) in [6.07, 6.45) is 5.21. The smallest absolute Gasteiger partial charge is 0.307 e. The van der Waals surface area contributed by atoms with Gasteiger partial charge in [0.05, 0.1) is 13.6 Å². The summed E-state index contributed by atoms with van der Waals surface area (Å²) in [6, 6.07) is 0. The molecule has 5 nitrogen and oxygen atoms in total. The van der Waals surface area contributed by atoms with E-state index in [4.69, 9.17) is 5.73 Å². The highest BCUT2D eigenvalue weighted by Gasteiger charge is 2.16. The summed E-state index contributed by atoms with van der Waals surface area (Å²) in [5.74, 6) is 0.498. The molecule has 0 aliphatic heterocycles. The normalized spacial score (nSPS) is 10.6. The van der Waals surface area contributed by atoms with E-state index in [2.05, 4.69) is 16.5 Å². The minimum atomic E-state index is 0.498. The van der Waals surface area contributed by atoms with Crippen LogP contribution in [0.2, 0.25) is 0 Å². The molecule has 0 saturated heterocycles. The largest absolute Gasteiger partial charge is 0.380 e. The number of hydrogen-bond donors (Lipinski definition) is 1. The summed E-state index contributed by atoms with van der Waals surface area (Å²) >= 11 is 0. The molecule has 72 valence electrons. The number of nitrogen functional groups attached to an aromatic ring is 1. The van der Waals surface area contributed by atoms with E-state index in [1.165, 1.54) is 6.33 Å². The second-order valence-electron chi connectivity index (χ2n) is 3.10. The molecular formula is C9H12N5+. The Bertz CT molecular complexity index is 485. The van der Waals surface area contributed by atoms with E-state index in [1.807, 2.05) is 28.6 Å². The highest BCUT2D eigenvalue weighted by atomic mass is 15.2. The Labute approximate surface area is 81.5 Å². The number of fused-ring (bicyclic) bond motifs is 1. The molecule has 2 rings (SSSR count). The Morgan fingerprint density at radius 2 is 2.43 bits per heavy atom. The number of imidazole rings is 1. The molecule has 0 bridgehead atoms. The van der Waals surface area contributed by atoms with Gasteiger partial charge >= 0.3 is 5.65 Å². The number of anilines is 1. The molecule has 2 aromatic rings. The van der Waals surface area contributed by atoms with Crippen molar-refractivity contribution < 1.29 is 4.57 Å². The van der Waals surface area contributed by atoms with Crippen LogP contribution in [-0.2, 0) is 13.6 Å². The van der Waals surface area contributed by atoms with Crippen LogP contribution >= 0.6 is 0 Å². The fourth-order valence-corrected chi connectivity index (χ4v) is 1.52. The van der Waals surface area contributed by atoms with Crippen molar-refractivity contribution in [2.75, 3.05) is 5.73 Å². The molecule has 0 amide bonds. The maximum Gasteiger partial charge on any atom is 0.307 e. The van der Waals surface area contributed by atoms with Crippen molar-refractivity contribution in [2.45, 2.75) is 6.54 Å². The van der Waals surface area contributed by atoms with Gasteiger partial charge in [0.25, 0.3) is 0 Å². The number of aryl methyl sites for hydroxylation is 1. The second-order valence-corrected chi connectivity index (χ2v) is 3.10. The zero-order chi connectivity index (χ0) is 10.1. The molecule has 0 aliphatic carbocycles. The first kappa shape index (κ1) is 8.68. The van der Waals surface area contributed by atoms with Crippen molar-refractivity contribution in [1.29, 1.82) is 0 Å². The van der Waals surface area contributed by atoms with Gasteiger partial charge in [0, 0.05) is 0 Å². The zero-order valence-corrected chi connectivity index (χ0v) is 8.01. The van der Waals surface area contributed by atoms with Crippen LogP contribution < -0.4 is 10.3 Å². The third kappa shape index (κ3) is 1.14. The predicted octanol–water partition coefficient (Wildman–Crippen LogP) is 0.0240. The lowest BCUT2D eigenvalue weighted by molar-refractivity contribution is -0.647. The fourth-order valence-electron chi connectivity index (χ4n) is 1.52. The summed E-state index contributed by atoms with van der Waals surface area (Å²) in [5.41, 5.74) is 7.47. The SMILES string of the molecule is C=CCn1c[n+](C)c2ncnc(N)c21. The molecule has 0 saturated carbocycles. The van der Waals surface area contributed by atoms with Gasteiger partial charge in [-0.1, -0.05) is 17.6 Å². The van der Waals surface area contributed by atoms with Crippen molar-refractivity contribution >= 4 is 17.0 Å². The first-order chi connectivity index (χ1) is 6.74. The average Bonchev–Trinajstić information content (AvgIpc) is 2.46. The van der Waals surface area contributed by atoms with Gasteiger partial charge in [0.15, 0.2) is 18.5 Å².